The standard InChI is InChI=1S/C30H39FN2O6/c1-18(2)28-24(11-10-22(34)16-23(35)17-25(36)38-5)26(20-6-8-21(31)9-7-20)27(29(32-28)19(3)4)30(37)33-12-14-39-15-13-33/h6-11,18-19,22-23,34-35H,12-17H2,1-5H3. The first-order chi connectivity index (χ1) is 18.5. The molecule has 2 aromatic rings. The smallest absolute Gasteiger partial charge is 0.308 e. The van der Waals surface area contributed by atoms with Crippen LogP contribution in [0.25, 0.3) is 17.2 Å². The van der Waals surface area contributed by atoms with Gasteiger partial charge in [-0.05, 0) is 29.5 Å². The molecule has 2 N–H and O–H groups in total. The number of methoxy groups -OCH3 is 1. The van der Waals surface area contributed by atoms with E-state index in [1.807, 2.05) is 27.7 Å². The zero-order valence-electron chi connectivity index (χ0n) is 23.3. The predicted octanol–water partition coefficient (Wildman–Crippen LogP) is 4.30. The highest BCUT2D eigenvalue weighted by atomic mass is 19.1. The van der Waals surface area contributed by atoms with Crippen molar-refractivity contribution in [2.24, 2.45) is 0 Å². The molecule has 1 aromatic carbocycles. The lowest BCUT2D eigenvalue weighted by Gasteiger charge is -2.30. The molecule has 1 aliphatic rings. The van der Waals surface area contributed by atoms with Crippen molar-refractivity contribution in [1.82, 2.24) is 9.88 Å². The van der Waals surface area contributed by atoms with Crippen LogP contribution in [0.3, 0.4) is 0 Å². The highest BCUT2D eigenvalue weighted by Gasteiger charge is 2.30. The van der Waals surface area contributed by atoms with Crippen molar-refractivity contribution in [3.63, 3.8) is 0 Å². The maximum atomic E-state index is 14.0. The number of amides is 1. The number of aliphatic hydroxyl groups is 2. The van der Waals surface area contributed by atoms with Crippen molar-refractivity contribution in [2.45, 2.75) is 64.6 Å². The van der Waals surface area contributed by atoms with E-state index in [-0.39, 0.29) is 30.6 Å². The number of aromatic nitrogens is 1. The largest absolute Gasteiger partial charge is 0.469 e. The minimum Gasteiger partial charge on any atom is -0.469 e. The van der Waals surface area contributed by atoms with Crippen LogP contribution >= 0.6 is 0 Å². The zero-order valence-corrected chi connectivity index (χ0v) is 23.3. The summed E-state index contributed by atoms with van der Waals surface area (Å²) < 4.78 is 24.0. The van der Waals surface area contributed by atoms with Gasteiger partial charge < -0.3 is 24.6 Å². The second kappa shape index (κ2) is 13.8. The van der Waals surface area contributed by atoms with Gasteiger partial charge in [-0.3, -0.25) is 14.6 Å². The van der Waals surface area contributed by atoms with Crippen LogP contribution in [0.2, 0.25) is 0 Å². The Morgan fingerprint density at radius 3 is 2.26 bits per heavy atom. The van der Waals surface area contributed by atoms with Gasteiger partial charge in [-0.2, -0.15) is 0 Å². The Labute approximate surface area is 229 Å². The van der Waals surface area contributed by atoms with Crippen LogP contribution < -0.4 is 0 Å². The van der Waals surface area contributed by atoms with Crippen molar-refractivity contribution < 1.29 is 33.7 Å². The van der Waals surface area contributed by atoms with Gasteiger partial charge in [0.1, 0.15) is 5.82 Å². The number of esters is 1. The molecule has 1 aromatic heterocycles. The highest BCUT2D eigenvalue weighted by molar-refractivity contribution is 6.04. The predicted molar refractivity (Wildman–Crippen MR) is 147 cm³/mol. The fraction of sp³-hybridized carbons (Fsp3) is 0.500. The molecule has 1 saturated heterocycles. The van der Waals surface area contributed by atoms with E-state index in [2.05, 4.69) is 4.74 Å². The molecule has 39 heavy (non-hydrogen) atoms. The van der Waals surface area contributed by atoms with Gasteiger partial charge in [0, 0.05) is 30.6 Å². The highest BCUT2D eigenvalue weighted by Crippen LogP contribution is 2.38. The monoisotopic (exact) mass is 542 g/mol. The summed E-state index contributed by atoms with van der Waals surface area (Å²) in [6.07, 6.45) is 0.756. The third kappa shape index (κ3) is 7.71. The van der Waals surface area contributed by atoms with Crippen LogP contribution in [0, 0.1) is 5.82 Å². The molecule has 1 amide bonds. The van der Waals surface area contributed by atoms with Gasteiger partial charge in [0.2, 0.25) is 0 Å². The third-order valence-electron chi connectivity index (χ3n) is 6.66. The van der Waals surface area contributed by atoms with Gasteiger partial charge in [0.25, 0.3) is 5.91 Å². The summed E-state index contributed by atoms with van der Waals surface area (Å²) in [5.41, 5.74) is 3.74. The molecule has 9 heteroatoms. The van der Waals surface area contributed by atoms with Crippen molar-refractivity contribution in [3.05, 3.63) is 58.7 Å². The van der Waals surface area contributed by atoms with Crippen molar-refractivity contribution in [2.75, 3.05) is 33.4 Å². The molecule has 3 rings (SSSR count). The number of aliphatic hydroxyl groups excluding tert-OH is 2. The van der Waals surface area contributed by atoms with Crippen LogP contribution in [0.1, 0.15) is 79.7 Å². The number of benzene rings is 1. The van der Waals surface area contributed by atoms with E-state index in [0.717, 1.165) is 5.69 Å². The third-order valence-corrected chi connectivity index (χ3v) is 6.66. The van der Waals surface area contributed by atoms with E-state index < -0.39 is 24.0 Å². The fourth-order valence-corrected chi connectivity index (χ4v) is 4.64. The van der Waals surface area contributed by atoms with Crippen LogP contribution in [0.4, 0.5) is 4.39 Å². The average molecular weight is 543 g/mol. The Morgan fingerprint density at radius 1 is 1.08 bits per heavy atom. The number of nitrogens with zero attached hydrogens (tertiary/aromatic N) is 2. The van der Waals surface area contributed by atoms with E-state index >= 15 is 0 Å². The Hall–Kier alpha value is -3.14. The van der Waals surface area contributed by atoms with Gasteiger partial charge >= 0.3 is 5.97 Å². The SMILES string of the molecule is COC(=O)CC(O)CC(O)C=Cc1c(C(C)C)nc(C(C)C)c(C(=O)N2CCOCC2)c1-c1ccc(F)cc1. The number of rotatable bonds is 10. The number of pyridine rings is 1. The van der Waals surface area contributed by atoms with Gasteiger partial charge in [0.15, 0.2) is 0 Å². The lowest BCUT2D eigenvalue weighted by molar-refractivity contribution is -0.143. The van der Waals surface area contributed by atoms with Gasteiger partial charge in [-0.15, -0.1) is 0 Å². The van der Waals surface area contributed by atoms with Crippen molar-refractivity contribution in [3.8, 4) is 11.1 Å². The molecule has 2 unspecified atom stereocenters. The summed E-state index contributed by atoms with van der Waals surface area (Å²) in [6, 6.07) is 5.99. The normalized spacial score (nSPS) is 15.7. The summed E-state index contributed by atoms with van der Waals surface area (Å²) >= 11 is 0. The Kier molecular flexibility index (Phi) is 10.7. The first kappa shape index (κ1) is 30.4. The second-order valence-corrected chi connectivity index (χ2v) is 10.4. The summed E-state index contributed by atoms with van der Waals surface area (Å²) in [4.78, 5) is 32.3. The number of morpholine rings is 1. The quantitative estimate of drug-likeness (QED) is 0.431. The number of hydrogen-bond donors (Lipinski definition) is 2. The van der Waals surface area contributed by atoms with E-state index in [1.54, 1.807) is 23.1 Å². The minimum absolute atomic E-state index is 0.0315. The van der Waals surface area contributed by atoms with Gasteiger partial charge in [0.05, 0.1) is 55.9 Å². The Morgan fingerprint density at radius 2 is 1.69 bits per heavy atom. The van der Waals surface area contributed by atoms with Crippen molar-refractivity contribution in [1.29, 1.82) is 0 Å². The zero-order chi connectivity index (χ0) is 28.7. The number of hydrogen-bond acceptors (Lipinski definition) is 7. The Bertz CT molecular complexity index is 1170. The molecule has 212 valence electrons. The van der Waals surface area contributed by atoms with Gasteiger partial charge in [-0.25, -0.2) is 4.39 Å². The molecule has 1 aliphatic heterocycles. The molecular formula is C30H39FN2O6. The van der Waals surface area contributed by atoms with E-state index in [0.29, 0.717) is 54.3 Å². The maximum Gasteiger partial charge on any atom is 0.308 e. The molecular weight excluding hydrogens is 503 g/mol. The fourth-order valence-electron chi connectivity index (χ4n) is 4.64. The molecule has 0 radical (unpaired) electrons. The topological polar surface area (TPSA) is 109 Å². The minimum atomic E-state index is -1.09. The maximum absolute atomic E-state index is 14.0. The number of carbonyl (C=O) groups is 2. The molecule has 1 fully saturated rings. The number of carbonyl (C=O) groups excluding carboxylic acids is 2. The van der Waals surface area contributed by atoms with Gasteiger partial charge in [-0.1, -0.05) is 52.0 Å². The lowest BCUT2D eigenvalue weighted by atomic mass is 9.86. The van der Waals surface area contributed by atoms with E-state index in [9.17, 15) is 24.2 Å². The van der Waals surface area contributed by atoms with E-state index in [1.165, 1.54) is 25.3 Å². The summed E-state index contributed by atoms with van der Waals surface area (Å²) in [5, 5.41) is 20.8. The molecule has 0 saturated carbocycles. The summed E-state index contributed by atoms with van der Waals surface area (Å²) in [6.45, 7) is 9.76. The first-order valence-corrected chi connectivity index (χ1v) is 13.3. The second-order valence-electron chi connectivity index (χ2n) is 10.4. The molecule has 2 heterocycles. The molecule has 0 spiro atoms. The summed E-state index contributed by atoms with van der Waals surface area (Å²) in [5.74, 6) is -1.24. The molecule has 0 aliphatic carbocycles. The van der Waals surface area contributed by atoms with Crippen LogP contribution in [-0.4, -0.2) is 77.6 Å². The Balaban J connectivity index is 2.21. The number of ether oxygens (including phenoxy) is 2. The van der Waals surface area contributed by atoms with E-state index in [4.69, 9.17) is 9.72 Å². The van der Waals surface area contributed by atoms with Crippen LogP contribution in [-0.2, 0) is 14.3 Å². The lowest BCUT2D eigenvalue weighted by Crippen LogP contribution is -2.41. The first-order valence-electron chi connectivity index (χ1n) is 13.3. The average Bonchev–Trinajstić information content (AvgIpc) is 2.91. The molecule has 0 bridgehead atoms. The van der Waals surface area contributed by atoms with Crippen LogP contribution in [0.5, 0.6) is 0 Å². The summed E-state index contributed by atoms with van der Waals surface area (Å²) in [7, 11) is 1.24. The van der Waals surface area contributed by atoms with Crippen LogP contribution in [0.15, 0.2) is 30.3 Å². The number of halogens is 1. The molecule has 2 atom stereocenters. The molecule has 8 nitrogen and oxygen atoms in total. The van der Waals surface area contributed by atoms with Crippen molar-refractivity contribution >= 4 is 18.0 Å².